The number of anilines is 1. The van der Waals surface area contributed by atoms with Gasteiger partial charge in [0.05, 0.1) is 17.8 Å². The summed E-state index contributed by atoms with van der Waals surface area (Å²) in [5, 5.41) is 7.13. The molecule has 3 aromatic heterocycles. The molecule has 8 heteroatoms. The van der Waals surface area contributed by atoms with E-state index in [4.69, 9.17) is 12.2 Å². The molecule has 1 aromatic carbocycles. The van der Waals surface area contributed by atoms with Gasteiger partial charge in [0.1, 0.15) is 5.82 Å². The van der Waals surface area contributed by atoms with E-state index >= 15 is 0 Å². The molecular formula is C28H28N6OS. The summed E-state index contributed by atoms with van der Waals surface area (Å²) in [5.41, 5.74) is 3.89. The Morgan fingerprint density at radius 3 is 2.53 bits per heavy atom. The zero-order valence-corrected chi connectivity index (χ0v) is 20.9. The first-order valence-electron chi connectivity index (χ1n) is 12.1. The van der Waals surface area contributed by atoms with Crippen molar-refractivity contribution in [1.82, 2.24) is 24.8 Å². The molecule has 4 heterocycles. The van der Waals surface area contributed by atoms with Gasteiger partial charge < -0.3 is 20.1 Å². The maximum absolute atomic E-state index is 12.9. The Morgan fingerprint density at radius 2 is 1.78 bits per heavy atom. The maximum Gasteiger partial charge on any atom is 0.226 e. The van der Waals surface area contributed by atoms with Crippen LogP contribution in [0.15, 0.2) is 91.4 Å². The van der Waals surface area contributed by atoms with Crippen LogP contribution in [0.1, 0.15) is 42.4 Å². The number of aromatic nitrogens is 3. The number of carbonyl (C=O) groups is 1. The highest BCUT2D eigenvalue weighted by Crippen LogP contribution is 2.39. The van der Waals surface area contributed by atoms with Crippen molar-refractivity contribution in [2.75, 3.05) is 11.9 Å². The number of rotatable bonds is 8. The van der Waals surface area contributed by atoms with Gasteiger partial charge in [-0.15, -0.1) is 0 Å². The Labute approximate surface area is 216 Å². The third-order valence-corrected chi connectivity index (χ3v) is 6.78. The highest BCUT2D eigenvalue weighted by molar-refractivity contribution is 7.80. The lowest BCUT2D eigenvalue weighted by atomic mass is 10.0. The number of amides is 1. The number of pyridine rings is 2. The molecule has 1 aliphatic rings. The minimum atomic E-state index is -0.167. The van der Waals surface area contributed by atoms with Gasteiger partial charge in [0.15, 0.2) is 5.11 Å². The van der Waals surface area contributed by atoms with Crippen molar-refractivity contribution in [3.05, 3.63) is 108 Å². The largest absolute Gasteiger partial charge is 0.352 e. The van der Waals surface area contributed by atoms with E-state index in [0.29, 0.717) is 18.1 Å². The number of para-hydroxylation sites is 1. The van der Waals surface area contributed by atoms with E-state index in [1.165, 1.54) is 0 Å². The fourth-order valence-electron chi connectivity index (χ4n) is 4.69. The van der Waals surface area contributed by atoms with E-state index in [1.807, 2.05) is 72.9 Å². The van der Waals surface area contributed by atoms with Crippen molar-refractivity contribution in [2.45, 2.75) is 31.8 Å². The van der Waals surface area contributed by atoms with Crippen LogP contribution in [0.2, 0.25) is 0 Å². The van der Waals surface area contributed by atoms with Crippen LogP contribution in [0.25, 0.3) is 5.82 Å². The molecule has 0 aliphatic carbocycles. The predicted molar refractivity (Wildman–Crippen MR) is 145 cm³/mol. The van der Waals surface area contributed by atoms with Gasteiger partial charge in [-0.25, -0.2) is 4.98 Å². The van der Waals surface area contributed by atoms with Crippen LogP contribution in [-0.2, 0) is 11.2 Å². The van der Waals surface area contributed by atoms with E-state index in [0.717, 1.165) is 34.9 Å². The summed E-state index contributed by atoms with van der Waals surface area (Å²) in [6.07, 6.45) is 6.73. The molecule has 1 aliphatic heterocycles. The molecule has 5 rings (SSSR count). The zero-order valence-electron chi connectivity index (χ0n) is 20.0. The summed E-state index contributed by atoms with van der Waals surface area (Å²) in [7, 11) is 0. The lowest BCUT2D eigenvalue weighted by Gasteiger charge is -2.28. The fourth-order valence-corrected chi connectivity index (χ4v) is 5.02. The van der Waals surface area contributed by atoms with Gasteiger partial charge in [-0.3, -0.25) is 9.78 Å². The van der Waals surface area contributed by atoms with Crippen LogP contribution in [0.4, 0.5) is 5.69 Å². The third-order valence-electron chi connectivity index (χ3n) is 6.43. The lowest BCUT2D eigenvalue weighted by Crippen LogP contribution is -2.33. The molecule has 0 saturated carbocycles. The first-order valence-corrected chi connectivity index (χ1v) is 12.5. The number of aryl methyl sites for hydroxylation is 1. The van der Waals surface area contributed by atoms with Gasteiger partial charge in [0.2, 0.25) is 5.91 Å². The number of nitrogens with zero attached hydrogens (tertiary/aromatic N) is 4. The quantitative estimate of drug-likeness (QED) is 0.340. The van der Waals surface area contributed by atoms with Crippen molar-refractivity contribution in [3.63, 3.8) is 0 Å². The number of thiocarbonyl (C=S) groups is 1. The summed E-state index contributed by atoms with van der Waals surface area (Å²) in [4.78, 5) is 24.2. The second-order valence-electron chi connectivity index (χ2n) is 8.62. The summed E-state index contributed by atoms with van der Waals surface area (Å²) < 4.78 is 2.07. The van der Waals surface area contributed by atoms with Crippen molar-refractivity contribution in [1.29, 1.82) is 0 Å². The number of carbonyl (C=O) groups excluding carboxylic acids is 1. The minimum absolute atomic E-state index is 0.0427. The van der Waals surface area contributed by atoms with E-state index < -0.39 is 0 Å². The Morgan fingerprint density at radius 1 is 1.00 bits per heavy atom. The molecule has 0 radical (unpaired) electrons. The summed E-state index contributed by atoms with van der Waals surface area (Å²) in [6.45, 7) is 2.55. The number of nitrogens with one attached hydrogen (secondary N) is 2. The van der Waals surface area contributed by atoms with Crippen molar-refractivity contribution >= 4 is 28.9 Å². The average Bonchev–Trinajstić information content (AvgIpc) is 3.53. The van der Waals surface area contributed by atoms with Crippen LogP contribution in [0.5, 0.6) is 0 Å². The third kappa shape index (κ3) is 4.85. The smallest absolute Gasteiger partial charge is 0.226 e. The van der Waals surface area contributed by atoms with Crippen LogP contribution in [-0.4, -0.2) is 37.0 Å². The van der Waals surface area contributed by atoms with E-state index in [-0.39, 0.29) is 18.0 Å². The summed E-state index contributed by atoms with van der Waals surface area (Å²) in [5.74, 6) is 0.780. The fraction of sp³-hybridized carbons (Fsp3) is 0.214. The molecular weight excluding hydrogens is 468 g/mol. The summed E-state index contributed by atoms with van der Waals surface area (Å²) >= 11 is 5.78. The average molecular weight is 497 g/mol. The van der Waals surface area contributed by atoms with Gasteiger partial charge in [0.25, 0.3) is 0 Å². The molecule has 1 amide bonds. The molecule has 2 atom stereocenters. The second kappa shape index (κ2) is 10.7. The number of hydrogen-bond donors (Lipinski definition) is 2. The van der Waals surface area contributed by atoms with E-state index in [2.05, 4.69) is 43.1 Å². The van der Waals surface area contributed by atoms with Crippen molar-refractivity contribution in [2.24, 2.45) is 0 Å². The van der Waals surface area contributed by atoms with Gasteiger partial charge in [-0.2, -0.15) is 0 Å². The molecule has 0 unspecified atom stereocenters. The number of benzene rings is 1. The lowest BCUT2D eigenvalue weighted by molar-refractivity contribution is -0.116. The molecule has 2 N–H and O–H groups in total. The standard InChI is InChI=1S/C28H28N6OS/c1-2-20-10-3-4-11-21(20)31-25(35)15-19-34-27(26(32-28(34)36)22-12-5-7-16-29-22)23-13-9-18-33(23)24-14-6-8-17-30-24/h3-14,16-18,26-27H,2,15,19H2,1H3,(H,31,35)(H,32,36)/t26-,27-/m0/s1. The Kier molecular flexibility index (Phi) is 7.04. The molecule has 182 valence electrons. The molecule has 4 aromatic rings. The zero-order chi connectivity index (χ0) is 24.9. The maximum atomic E-state index is 12.9. The number of hydrogen-bond acceptors (Lipinski definition) is 4. The molecule has 0 spiro atoms. The molecule has 1 saturated heterocycles. The Balaban J connectivity index is 1.43. The highest BCUT2D eigenvalue weighted by atomic mass is 32.1. The molecule has 7 nitrogen and oxygen atoms in total. The molecule has 36 heavy (non-hydrogen) atoms. The highest BCUT2D eigenvalue weighted by Gasteiger charge is 2.41. The predicted octanol–water partition coefficient (Wildman–Crippen LogP) is 4.83. The van der Waals surface area contributed by atoms with Crippen LogP contribution >= 0.6 is 12.2 Å². The normalized spacial score (nSPS) is 17.1. The van der Waals surface area contributed by atoms with E-state index in [9.17, 15) is 4.79 Å². The topological polar surface area (TPSA) is 75.1 Å². The van der Waals surface area contributed by atoms with Gasteiger partial charge in [0, 0.05) is 42.9 Å². The van der Waals surface area contributed by atoms with E-state index in [1.54, 1.807) is 12.4 Å². The van der Waals surface area contributed by atoms with Crippen molar-refractivity contribution < 1.29 is 4.79 Å². The first kappa shape index (κ1) is 23.7. The van der Waals surface area contributed by atoms with Gasteiger partial charge in [-0.1, -0.05) is 37.3 Å². The monoisotopic (exact) mass is 496 g/mol. The van der Waals surface area contributed by atoms with Gasteiger partial charge >= 0.3 is 0 Å². The molecule has 0 bridgehead atoms. The SMILES string of the molecule is CCc1ccccc1NC(=O)CCN1C(=S)N[C@@H](c2ccccn2)[C@@H]1c1cccn1-c1ccccn1. The van der Waals surface area contributed by atoms with Crippen LogP contribution in [0.3, 0.4) is 0 Å². The minimum Gasteiger partial charge on any atom is -0.352 e. The Hall–Kier alpha value is -4.04. The molecule has 1 fully saturated rings. The van der Waals surface area contributed by atoms with Crippen LogP contribution < -0.4 is 10.6 Å². The van der Waals surface area contributed by atoms with Crippen molar-refractivity contribution in [3.8, 4) is 5.82 Å². The second-order valence-corrected chi connectivity index (χ2v) is 9.01. The summed E-state index contributed by atoms with van der Waals surface area (Å²) in [6, 6.07) is 23.4. The van der Waals surface area contributed by atoms with Gasteiger partial charge in [-0.05, 0) is 66.7 Å². The van der Waals surface area contributed by atoms with Crippen LogP contribution in [0, 0.1) is 0 Å². The first-order chi connectivity index (χ1) is 17.7. The Bertz CT molecular complexity index is 1340.